The summed E-state index contributed by atoms with van der Waals surface area (Å²) in [5, 5.41) is 5.10. The summed E-state index contributed by atoms with van der Waals surface area (Å²) in [5.74, 6) is -0.206. The van der Waals surface area contributed by atoms with Gasteiger partial charge in [-0.3, -0.25) is 9.59 Å². The van der Waals surface area contributed by atoms with E-state index in [1.54, 1.807) is 11.9 Å². The number of nitrogens with zero attached hydrogens (tertiary/aromatic N) is 1. The molecule has 0 fully saturated rings. The summed E-state index contributed by atoms with van der Waals surface area (Å²) >= 11 is 0. The quantitative estimate of drug-likeness (QED) is 0.757. The van der Waals surface area contributed by atoms with Crippen LogP contribution in [0.2, 0.25) is 0 Å². The van der Waals surface area contributed by atoms with E-state index in [-0.39, 0.29) is 24.3 Å². The fourth-order valence-electron chi connectivity index (χ4n) is 3.02. The number of rotatable bonds is 5. The number of anilines is 1. The van der Waals surface area contributed by atoms with Gasteiger partial charge in [-0.15, -0.1) is 0 Å². The third-order valence-electron chi connectivity index (χ3n) is 4.45. The first-order valence-corrected chi connectivity index (χ1v) is 8.62. The normalized spacial score (nSPS) is 11.8. The zero-order valence-corrected chi connectivity index (χ0v) is 15.0. The second-order valence-electron chi connectivity index (χ2n) is 6.35. The summed E-state index contributed by atoms with van der Waals surface area (Å²) in [6.07, 6.45) is 0.201. The molecule has 3 rings (SSSR count). The Morgan fingerprint density at radius 1 is 0.923 bits per heavy atom. The topological polar surface area (TPSA) is 49.4 Å². The largest absolute Gasteiger partial charge is 0.349 e. The molecule has 0 heterocycles. The van der Waals surface area contributed by atoms with Gasteiger partial charge in [-0.2, -0.15) is 0 Å². The highest BCUT2D eigenvalue weighted by Gasteiger charge is 2.20. The highest BCUT2D eigenvalue weighted by atomic mass is 16.2. The standard InChI is InChI=1S/C22H22N2O2/c1-16(25)23-21(18-9-4-3-5-10-18)15-22(26)24(2)20-13-12-17-8-6-7-11-19(17)14-20/h3-14,21H,15H2,1-2H3,(H,23,25). The van der Waals surface area contributed by atoms with E-state index in [0.717, 1.165) is 22.0 Å². The second-order valence-corrected chi connectivity index (χ2v) is 6.35. The summed E-state index contributed by atoms with van der Waals surface area (Å²) in [6, 6.07) is 23.2. The lowest BCUT2D eigenvalue weighted by molar-refractivity contribution is -0.121. The van der Waals surface area contributed by atoms with Crippen molar-refractivity contribution in [2.45, 2.75) is 19.4 Å². The van der Waals surface area contributed by atoms with Crippen LogP contribution in [0.15, 0.2) is 72.8 Å². The molecule has 0 radical (unpaired) electrons. The first-order chi connectivity index (χ1) is 12.5. The van der Waals surface area contributed by atoms with Gasteiger partial charge in [0.25, 0.3) is 0 Å². The molecule has 0 aliphatic carbocycles. The van der Waals surface area contributed by atoms with E-state index < -0.39 is 0 Å². The molecule has 4 heteroatoms. The molecule has 3 aromatic rings. The van der Waals surface area contributed by atoms with Gasteiger partial charge in [0, 0.05) is 19.7 Å². The molecule has 0 saturated carbocycles. The maximum Gasteiger partial charge on any atom is 0.229 e. The zero-order chi connectivity index (χ0) is 18.5. The minimum Gasteiger partial charge on any atom is -0.349 e. The van der Waals surface area contributed by atoms with Crippen molar-refractivity contribution in [1.29, 1.82) is 0 Å². The number of carbonyl (C=O) groups excluding carboxylic acids is 2. The van der Waals surface area contributed by atoms with Crippen LogP contribution in [0.5, 0.6) is 0 Å². The van der Waals surface area contributed by atoms with Gasteiger partial charge in [0.1, 0.15) is 0 Å². The first-order valence-electron chi connectivity index (χ1n) is 8.62. The minimum absolute atomic E-state index is 0.0529. The summed E-state index contributed by atoms with van der Waals surface area (Å²) < 4.78 is 0. The van der Waals surface area contributed by atoms with Gasteiger partial charge < -0.3 is 10.2 Å². The summed E-state index contributed by atoms with van der Waals surface area (Å²) in [6.45, 7) is 1.47. The van der Waals surface area contributed by atoms with Gasteiger partial charge in [0.15, 0.2) is 0 Å². The van der Waals surface area contributed by atoms with Crippen molar-refractivity contribution in [1.82, 2.24) is 5.32 Å². The molecular weight excluding hydrogens is 324 g/mol. The van der Waals surface area contributed by atoms with Gasteiger partial charge in [-0.05, 0) is 28.5 Å². The summed E-state index contributed by atoms with van der Waals surface area (Å²) in [5.41, 5.74) is 1.76. The maximum absolute atomic E-state index is 12.8. The SMILES string of the molecule is CC(=O)NC(CC(=O)N(C)c1ccc2ccccc2c1)c1ccccc1. The number of fused-ring (bicyclic) bond motifs is 1. The number of hydrogen-bond acceptors (Lipinski definition) is 2. The average Bonchev–Trinajstić information content (AvgIpc) is 2.66. The number of benzene rings is 3. The Morgan fingerprint density at radius 2 is 1.58 bits per heavy atom. The Kier molecular flexibility index (Phi) is 5.32. The lowest BCUT2D eigenvalue weighted by atomic mass is 10.0. The fourth-order valence-corrected chi connectivity index (χ4v) is 3.02. The molecule has 3 aromatic carbocycles. The Balaban J connectivity index is 1.80. The van der Waals surface area contributed by atoms with Crippen molar-refractivity contribution in [3.63, 3.8) is 0 Å². The van der Waals surface area contributed by atoms with Crippen molar-refractivity contribution in [3.05, 3.63) is 78.4 Å². The third-order valence-corrected chi connectivity index (χ3v) is 4.45. The van der Waals surface area contributed by atoms with E-state index >= 15 is 0 Å². The fraction of sp³-hybridized carbons (Fsp3) is 0.182. The monoisotopic (exact) mass is 346 g/mol. The molecule has 4 nitrogen and oxygen atoms in total. The van der Waals surface area contributed by atoms with Crippen LogP contribution in [0.4, 0.5) is 5.69 Å². The number of carbonyl (C=O) groups is 2. The molecule has 26 heavy (non-hydrogen) atoms. The molecule has 0 aliphatic heterocycles. The smallest absolute Gasteiger partial charge is 0.229 e. The molecule has 2 amide bonds. The molecule has 1 unspecified atom stereocenters. The van der Waals surface area contributed by atoms with Crippen LogP contribution in [-0.4, -0.2) is 18.9 Å². The van der Waals surface area contributed by atoms with Crippen molar-refractivity contribution in [3.8, 4) is 0 Å². The van der Waals surface area contributed by atoms with E-state index in [1.807, 2.05) is 72.8 Å². The summed E-state index contributed by atoms with van der Waals surface area (Å²) in [4.78, 5) is 26.0. The zero-order valence-electron chi connectivity index (χ0n) is 15.0. The highest BCUT2D eigenvalue weighted by molar-refractivity contribution is 5.96. The van der Waals surface area contributed by atoms with Gasteiger partial charge in [-0.25, -0.2) is 0 Å². The van der Waals surface area contributed by atoms with E-state index in [2.05, 4.69) is 5.32 Å². The van der Waals surface area contributed by atoms with E-state index in [1.165, 1.54) is 6.92 Å². The van der Waals surface area contributed by atoms with Crippen LogP contribution >= 0.6 is 0 Å². The van der Waals surface area contributed by atoms with Gasteiger partial charge >= 0.3 is 0 Å². The minimum atomic E-state index is -0.343. The summed E-state index contributed by atoms with van der Waals surface area (Å²) in [7, 11) is 1.77. The Hall–Kier alpha value is -3.14. The highest BCUT2D eigenvalue weighted by Crippen LogP contribution is 2.24. The van der Waals surface area contributed by atoms with E-state index in [4.69, 9.17) is 0 Å². The van der Waals surface area contributed by atoms with Crippen LogP contribution in [-0.2, 0) is 9.59 Å². The lowest BCUT2D eigenvalue weighted by Gasteiger charge is -2.23. The predicted molar refractivity (Wildman–Crippen MR) is 105 cm³/mol. The lowest BCUT2D eigenvalue weighted by Crippen LogP contribution is -2.33. The predicted octanol–water partition coefficient (Wildman–Crippen LogP) is 4.07. The van der Waals surface area contributed by atoms with Crippen LogP contribution in [0.25, 0.3) is 10.8 Å². The van der Waals surface area contributed by atoms with E-state index in [0.29, 0.717) is 0 Å². The molecule has 0 spiro atoms. The van der Waals surface area contributed by atoms with Crippen molar-refractivity contribution >= 4 is 28.3 Å². The van der Waals surface area contributed by atoms with Gasteiger partial charge in [0.2, 0.25) is 11.8 Å². The Morgan fingerprint density at radius 3 is 2.27 bits per heavy atom. The van der Waals surface area contributed by atoms with Gasteiger partial charge in [0.05, 0.1) is 12.5 Å². The molecule has 1 atom stereocenters. The molecular formula is C22H22N2O2. The number of hydrogen-bond donors (Lipinski definition) is 1. The maximum atomic E-state index is 12.8. The number of amides is 2. The van der Waals surface area contributed by atoms with E-state index in [9.17, 15) is 9.59 Å². The molecule has 0 bridgehead atoms. The molecule has 132 valence electrons. The molecule has 0 saturated heterocycles. The molecule has 0 aromatic heterocycles. The second kappa shape index (κ2) is 7.83. The van der Waals surface area contributed by atoms with Crippen molar-refractivity contribution in [2.75, 3.05) is 11.9 Å². The van der Waals surface area contributed by atoms with Gasteiger partial charge in [-0.1, -0.05) is 60.7 Å². The molecule has 1 N–H and O–H groups in total. The first kappa shape index (κ1) is 17.7. The van der Waals surface area contributed by atoms with Crippen LogP contribution < -0.4 is 10.2 Å². The number of nitrogens with one attached hydrogen (secondary N) is 1. The van der Waals surface area contributed by atoms with Crippen LogP contribution in [0.3, 0.4) is 0 Å². The Labute approximate surface area is 153 Å². The van der Waals surface area contributed by atoms with Crippen LogP contribution in [0, 0.1) is 0 Å². The Bertz CT molecular complexity index is 922. The molecule has 0 aliphatic rings. The third kappa shape index (κ3) is 4.09. The van der Waals surface area contributed by atoms with Crippen molar-refractivity contribution in [2.24, 2.45) is 0 Å². The van der Waals surface area contributed by atoms with Crippen molar-refractivity contribution < 1.29 is 9.59 Å². The van der Waals surface area contributed by atoms with Crippen LogP contribution in [0.1, 0.15) is 24.9 Å². The average molecular weight is 346 g/mol.